The summed E-state index contributed by atoms with van der Waals surface area (Å²) in [5.74, 6) is 1.11. The number of hydrogen-bond donors (Lipinski definition) is 0. The van der Waals surface area contributed by atoms with Gasteiger partial charge in [0.25, 0.3) is 5.91 Å². The smallest absolute Gasteiger partial charge is 0.259 e. The fraction of sp³-hybridized carbons (Fsp3) is 0.750. The predicted molar refractivity (Wildman–Crippen MR) is 78.3 cm³/mol. The van der Waals surface area contributed by atoms with Gasteiger partial charge in [0.1, 0.15) is 11.3 Å². The van der Waals surface area contributed by atoms with E-state index in [1.54, 1.807) is 0 Å². The fourth-order valence-electron chi connectivity index (χ4n) is 2.80. The minimum atomic E-state index is 0.0297. The lowest BCUT2D eigenvalue weighted by Crippen LogP contribution is -2.50. The second-order valence-electron chi connectivity index (χ2n) is 7.25. The number of amides is 1. The lowest BCUT2D eigenvalue weighted by molar-refractivity contribution is -0.0707. The second kappa shape index (κ2) is 5.13. The summed E-state index contributed by atoms with van der Waals surface area (Å²) in [6.07, 6.45) is 2.29. The van der Waals surface area contributed by atoms with Crippen molar-refractivity contribution in [1.82, 2.24) is 10.1 Å². The molecule has 2 heterocycles. The molecule has 1 amide bonds. The van der Waals surface area contributed by atoms with Crippen LogP contribution in [-0.2, 0) is 4.74 Å². The van der Waals surface area contributed by atoms with Gasteiger partial charge in [-0.05, 0) is 25.2 Å². The van der Waals surface area contributed by atoms with Gasteiger partial charge in [0, 0.05) is 19.0 Å². The van der Waals surface area contributed by atoms with Crippen LogP contribution in [0.25, 0.3) is 0 Å². The lowest BCUT2D eigenvalue weighted by Gasteiger charge is -2.39. The molecule has 1 aromatic rings. The highest BCUT2D eigenvalue weighted by Crippen LogP contribution is 2.42. The molecule has 5 nitrogen and oxygen atoms in total. The average molecular weight is 292 g/mol. The van der Waals surface area contributed by atoms with Crippen LogP contribution in [-0.4, -0.2) is 41.8 Å². The Morgan fingerprint density at radius 1 is 1.33 bits per heavy atom. The number of ether oxygens (including phenoxy) is 1. The summed E-state index contributed by atoms with van der Waals surface area (Å²) >= 11 is 0. The van der Waals surface area contributed by atoms with Crippen LogP contribution in [0.4, 0.5) is 0 Å². The molecule has 1 aliphatic heterocycles. The summed E-state index contributed by atoms with van der Waals surface area (Å²) in [4.78, 5) is 14.8. The van der Waals surface area contributed by atoms with E-state index in [2.05, 4.69) is 25.9 Å². The van der Waals surface area contributed by atoms with Crippen molar-refractivity contribution in [2.45, 2.75) is 52.6 Å². The van der Waals surface area contributed by atoms with Gasteiger partial charge in [-0.1, -0.05) is 25.9 Å². The van der Waals surface area contributed by atoms with E-state index in [-0.39, 0.29) is 17.4 Å². The summed E-state index contributed by atoms with van der Waals surface area (Å²) < 4.78 is 11.1. The van der Waals surface area contributed by atoms with E-state index in [1.807, 2.05) is 11.8 Å². The van der Waals surface area contributed by atoms with E-state index < -0.39 is 0 Å². The van der Waals surface area contributed by atoms with Crippen LogP contribution in [0.3, 0.4) is 0 Å². The highest BCUT2D eigenvalue weighted by molar-refractivity contribution is 5.96. The maximum atomic E-state index is 12.9. The zero-order valence-corrected chi connectivity index (χ0v) is 13.3. The van der Waals surface area contributed by atoms with Crippen LogP contribution < -0.4 is 0 Å². The molecule has 3 rings (SSSR count). The van der Waals surface area contributed by atoms with E-state index in [1.165, 1.54) is 0 Å². The SMILES string of the molecule is Cc1onc(C2CC2)c1C(=O)N1CCO[C@@H](C(C)(C)C)C1. The molecule has 0 unspecified atom stereocenters. The Hall–Kier alpha value is -1.36. The lowest BCUT2D eigenvalue weighted by atomic mass is 9.88. The minimum absolute atomic E-state index is 0.0297. The molecule has 0 spiro atoms. The second-order valence-corrected chi connectivity index (χ2v) is 7.25. The monoisotopic (exact) mass is 292 g/mol. The quantitative estimate of drug-likeness (QED) is 0.841. The number of rotatable bonds is 2. The van der Waals surface area contributed by atoms with Crippen molar-refractivity contribution in [2.24, 2.45) is 5.41 Å². The molecule has 116 valence electrons. The Labute approximate surface area is 125 Å². The maximum absolute atomic E-state index is 12.9. The molecule has 1 atom stereocenters. The van der Waals surface area contributed by atoms with Gasteiger partial charge in [0.2, 0.25) is 0 Å². The molecule has 0 aromatic carbocycles. The normalized spacial score (nSPS) is 23.4. The molecule has 0 radical (unpaired) electrons. The molecule has 2 aliphatic rings. The summed E-state index contributed by atoms with van der Waals surface area (Å²) in [6, 6.07) is 0. The molecule has 1 saturated carbocycles. The third-order valence-corrected chi connectivity index (χ3v) is 4.39. The third-order valence-electron chi connectivity index (χ3n) is 4.39. The van der Waals surface area contributed by atoms with Gasteiger partial charge >= 0.3 is 0 Å². The minimum Gasteiger partial charge on any atom is -0.374 e. The van der Waals surface area contributed by atoms with Gasteiger partial charge in [0.15, 0.2) is 0 Å². The highest BCUT2D eigenvalue weighted by atomic mass is 16.5. The molecular weight excluding hydrogens is 268 g/mol. The summed E-state index contributed by atoms with van der Waals surface area (Å²) in [6.45, 7) is 10.1. The van der Waals surface area contributed by atoms with E-state index in [0.29, 0.717) is 36.9 Å². The maximum Gasteiger partial charge on any atom is 0.259 e. The van der Waals surface area contributed by atoms with Gasteiger partial charge in [-0.15, -0.1) is 0 Å². The van der Waals surface area contributed by atoms with E-state index in [0.717, 1.165) is 18.5 Å². The Morgan fingerprint density at radius 3 is 2.67 bits per heavy atom. The van der Waals surface area contributed by atoms with Crippen LogP contribution in [0.2, 0.25) is 0 Å². The number of aromatic nitrogens is 1. The van der Waals surface area contributed by atoms with E-state index >= 15 is 0 Å². The summed E-state index contributed by atoms with van der Waals surface area (Å²) in [7, 11) is 0. The topological polar surface area (TPSA) is 55.6 Å². The van der Waals surface area contributed by atoms with Crippen molar-refractivity contribution in [2.75, 3.05) is 19.7 Å². The molecule has 1 saturated heterocycles. The van der Waals surface area contributed by atoms with Crippen molar-refractivity contribution in [1.29, 1.82) is 0 Å². The number of aryl methyl sites for hydroxylation is 1. The van der Waals surface area contributed by atoms with Crippen molar-refractivity contribution >= 4 is 5.91 Å². The summed E-state index contributed by atoms with van der Waals surface area (Å²) in [5.41, 5.74) is 1.57. The zero-order valence-electron chi connectivity index (χ0n) is 13.3. The van der Waals surface area contributed by atoms with Crippen molar-refractivity contribution in [3.05, 3.63) is 17.0 Å². The Morgan fingerprint density at radius 2 is 2.05 bits per heavy atom. The number of carbonyl (C=O) groups excluding carboxylic acids is 1. The molecule has 5 heteroatoms. The third kappa shape index (κ3) is 2.84. The predicted octanol–water partition coefficient (Wildman–Crippen LogP) is 2.75. The van der Waals surface area contributed by atoms with E-state index in [4.69, 9.17) is 9.26 Å². The Balaban J connectivity index is 1.80. The van der Waals surface area contributed by atoms with Gasteiger partial charge < -0.3 is 14.2 Å². The Bertz CT molecular complexity index is 540. The first-order chi connectivity index (χ1) is 9.88. The number of morpholine rings is 1. The highest BCUT2D eigenvalue weighted by Gasteiger charge is 2.38. The first-order valence-electron chi connectivity index (χ1n) is 7.75. The van der Waals surface area contributed by atoms with Crippen LogP contribution in [0.15, 0.2) is 4.52 Å². The fourth-order valence-corrected chi connectivity index (χ4v) is 2.80. The molecule has 2 fully saturated rings. The van der Waals surface area contributed by atoms with Crippen molar-refractivity contribution < 1.29 is 14.1 Å². The van der Waals surface area contributed by atoms with Gasteiger partial charge in [-0.3, -0.25) is 4.79 Å². The molecular formula is C16H24N2O3. The van der Waals surface area contributed by atoms with Gasteiger partial charge in [-0.2, -0.15) is 0 Å². The molecule has 0 N–H and O–H groups in total. The van der Waals surface area contributed by atoms with Crippen LogP contribution in [0, 0.1) is 12.3 Å². The molecule has 1 aliphatic carbocycles. The van der Waals surface area contributed by atoms with Crippen molar-refractivity contribution in [3.63, 3.8) is 0 Å². The number of hydrogen-bond acceptors (Lipinski definition) is 4. The standard InChI is InChI=1S/C16H24N2O3/c1-10-13(14(17-21-10)11-5-6-11)15(19)18-7-8-20-12(9-18)16(2,3)4/h11-12H,5-9H2,1-4H3/t12-/m1/s1. The first-order valence-corrected chi connectivity index (χ1v) is 7.75. The molecule has 1 aromatic heterocycles. The summed E-state index contributed by atoms with van der Waals surface area (Å²) in [5, 5.41) is 4.11. The van der Waals surface area contributed by atoms with Crippen molar-refractivity contribution in [3.8, 4) is 0 Å². The van der Waals surface area contributed by atoms with E-state index in [9.17, 15) is 4.79 Å². The molecule has 21 heavy (non-hydrogen) atoms. The van der Waals surface area contributed by atoms with Crippen LogP contribution >= 0.6 is 0 Å². The first kappa shape index (κ1) is 14.6. The van der Waals surface area contributed by atoms with Gasteiger partial charge in [-0.25, -0.2) is 0 Å². The number of carbonyl (C=O) groups is 1. The largest absolute Gasteiger partial charge is 0.374 e. The van der Waals surface area contributed by atoms with Crippen LogP contribution in [0.1, 0.15) is 61.3 Å². The molecule has 0 bridgehead atoms. The zero-order chi connectivity index (χ0) is 15.2. The Kier molecular flexibility index (Phi) is 3.56. The number of nitrogens with zero attached hydrogens (tertiary/aromatic N) is 2. The average Bonchev–Trinajstić information content (AvgIpc) is 3.20. The van der Waals surface area contributed by atoms with Gasteiger partial charge in [0.05, 0.1) is 18.4 Å². The van der Waals surface area contributed by atoms with Crippen LogP contribution in [0.5, 0.6) is 0 Å².